The van der Waals surface area contributed by atoms with E-state index in [9.17, 15) is 0 Å². The molecule has 1 N–H and O–H groups in total. The van der Waals surface area contributed by atoms with E-state index in [1.807, 2.05) is 0 Å². The Kier molecular flexibility index (Phi) is 3.39. The van der Waals surface area contributed by atoms with E-state index < -0.39 is 0 Å². The molecule has 1 atom stereocenters. The number of rotatable bonds is 6. The van der Waals surface area contributed by atoms with E-state index in [1.54, 1.807) is 11.3 Å². The number of aryl methyl sites for hydroxylation is 1. The number of hydrogen-bond donors (Lipinski definition) is 1. The summed E-state index contributed by atoms with van der Waals surface area (Å²) in [5.41, 5.74) is 2.48. The Labute approximate surface area is 112 Å². The van der Waals surface area contributed by atoms with Crippen LogP contribution >= 0.6 is 11.3 Å². The molecule has 0 saturated heterocycles. The zero-order valence-electron chi connectivity index (χ0n) is 11.1. The lowest BCUT2D eigenvalue weighted by Crippen LogP contribution is -2.29. The fraction of sp³-hybridized carbons (Fsp3) is 0.643. The second-order valence-electron chi connectivity index (χ2n) is 5.36. The van der Waals surface area contributed by atoms with Crippen LogP contribution in [0.1, 0.15) is 44.0 Å². The smallest absolute Gasteiger partial charge is 0.194 e. The van der Waals surface area contributed by atoms with Crippen LogP contribution in [0.15, 0.2) is 11.6 Å². The molecule has 0 amide bonds. The number of thiazole rings is 1. The second-order valence-corrected chi connectivity index (χ2v) is 6.24. The second kappa shape index (κ2) is 5.02. The van der Waals surface area contributed by atoms with Crippen LogP contribution < -0.4 is 5.32 Å². The molecule has 1 unspecified atom stereocenters. The number of fused-ring (bicyclic) bond motifs is 1. The SMILES string of the molecule is CCC(CC1CC1)NCc1c(C)nc2sccn12. The van der Waals surface area contributed by atoms with Gasteiger partial charge in [0.2, 0.25) is 0 Å². The Bertz CT molecular complexity index is 524. The highest BCUT2D eigenvalue weighted by molar-refractivity contribution is 7.15. The molecule has 1 aliphatic carbocycles. The van der Waals surface area contributed by atoms with Crippen molar-refractivity contribution >= 4 is 16.3 Å². The summed E-state index contributed by atoms with van der Waals surface area (Å²) >= 11 is 1.71. The average molecular weight is 263 g/mol. The first kappa shape index (κ1) is 12.2. The Hall–Kier alpha value is -0.870. The monoisotopic (exact) mass is 263 g/mol. The molecule has 0 bridgehead atoms. The fourth-order valence-corrected chi connectivity index (χ4v) is 3.32. The van der Waals surface area contributed by atoms with Crippen molar-refractivity contribution in [2.24, 2.45) is 5.92 Å². The minimum atomic E-state index is 0.668. The molecular formula is C14H21N3S. The normalized spacial score (nSPS) is 17.4. The molecule has 18 heavy (non-hydrogen) atoms. The van der Waals surface area contributed by atoms with Crippen molar-refractivity contribution in [2.45, 2.75) is 52.1 Å². The fourth-order valence-electron chi connectivity index (χ4n) is 2.55. The third-order valence-electron chi connectivity index (χ3n) is 3.93. The van der Waals surface area contributed by atoms with Crippen LogP contribution in [-0.4, -0.2) is 15.4 Å². The van der Waals surface area contributed by atoms with Gasteiger partial charge in [0, 0.05) is 24.2 Å². The number of aromatic nitrogens is 2. The van der Waals surface area contributed by atoms with E-state index in [4.69, 9.17) is 0 Å². The molecule has 1 fully saturated rings. The summed E-state index contributed by atoms with van der Waals surface area (Å²) in [7, 11) is 0. The maximum atomic E-state index is 4.59. The van der Waals surface area contributed by atoms with Gasteiger partial charge in [0.05, 0.1) is 11.4 Å². The summed E-state index contributed by atoms with van der Waals surface area (Å²) in [4.78, 5) is 5.70. The molecule has 1 saturated carbocycles. The molecule has 4 heteroatoms. The van der Waals surface area contributed by atoms with Gasteiger partial charge in [-0.25, -0.2) is 4.98 Å². The van der Waals surface area contributed by atoms with Gasteiger partial charge in [0.25, 0.3) is 0 Å². The highest BCUT2D eigenvalue weighted by Crippen LogP contribution is 2.34. The van der Waals surface area contributed by atoms with Crippen molar-refractivity contribution in [3.8, 4) is 0 Å². The minimum Gasteiger partial charge on any atom is -0.308 e. The molecule has 0 aromatic carbocycles. The molecule has 2 aromatic heterocycles. The summed E-state index contributed by atoms with van der Waals surface area (Å²) in [5, 5.41) is 5.81. The zero-order valence-corrected chi connectivity index (χ0v) is 12.0. The van der Waals surface area contributed by atoms with Crippen LogP contribution in [0, 0.1) is 12.8 Å². The van der Waals surface area contributed by atoms with E-state index in [-0.39, 0.29) is 0 Å². The van der Waals surface area contributed by atoms with Crippen molar-refractivity contribution < 1.29 is 0 Å². The standard InChI is InChI=1S/C14H21N3S/c1-3-12(8-11-4-5-11)15-9-13-10(2)16-14-17(13)6-7-18-14/h6-7,11-12,15H,3-5,8-9H2,1-2H3. The van der Waals surface area contributed by atoms with Crippen LogP contribution in [0.5, 0.6) is 0 Å². The molecule has 2 heterocycles. The molecule has 1 aliphatic rings. The highest BCUT2D eigenvalue weighted by Gasteiger charge is 2.24. The van der Waals surface area contributed by atoms with Gasteiger partial charge >= 0.3 is 0 Å². The largest absolute Gasteiger partial charge is 0.308 e. The number of hydrogen-bond acceptors (Lipinski definition) is 3. The van der Waals surface area contributed by atoms with Gasteiger partial charge in [-0.3, -0.25) is 4.40 Å². The number of nitrogens with zero attached hydrogens (tertiary/aromatic N) is 2. The average Bonchev–Trinajstić information content (AvgIpc) is 2.98. The number of imidazole rings is 1. The van der Waals surface area contributed by atoms with Gasteiger partial charge in [-0.05, 0) is 25.7 Å². The Morgan fingerprint density at radius 1 is 1.56 bits per heavy atom. The lowest BCUT2D eigenvalue weighted by molar-refractivity contribution is 0.441. The van der Waals surface area contributed by atoms with Gasteiger partial charge in [-0.15, -0.1) is 11.3 Å². The molecular weight excluding hydrogens is 242 g/mol. The van der Waals surface area contributed by atoms with Crippen LogP contribution in [0.4, 0.5) is 0 Å². The van der Waals surface area contributed by atoms with E-state index >= 15 is 0 Å². The first-order chi connectivity index (χ1) is 8.78. The van der Waals surface area contributed by atoms with E-state index in [1.165, 1.54) is 31.4 Å². The molecule has 0 radical (unpaired) electrons. The van der Waals surface area contributed by atoms with Crippen molar-refractivity contribution in [1.82, 2.24) is 14.7 Å². The minimum absolute atomic E-state index is 0.668. The summed E-state index contributed by atoms with van der Waals surface area (Å²) < 4.78 is 2.22. The predicted molar refractivity (Wildman–Crippen MR) is 76.1 cm³/mol. The van der Waals surface area contributed by atoms with E-state index in [0.717, 1.165) is 23.1 Å². The van der Waals surface area contributed by atoms with E-state index in [0.29, 0.717) is 6.04 Å². The topological polar surface area (TPSA) is 29.3 Å². The third-order valence-corrected chi connectivity index (χ3v) is 4.68. The molecule has 0 spiro atoms. The molecule has 3 nitrogen and oxygen atoms in total. The van der Waals surface area contributed by atoms with Gasteiger partial charge < -0.3 is 5.32 Å². The maximum absolute atomic E-state index is 4.59. The highest BCUT2D eigenvalue weighted by atomic mass is 32.1. The van der Waals surface area contributed by atoms with Crippen molar-refractivity contribution in [3.63, 3.8) is 0 Å². The van der Waals surface area contributed by atoms with Crippen LogP contribution in [0.2, 0.25) is 0 Å². The Morgan fingerprint density at radius 2 is 2.39 bits per heavy atom. The summed E-state index contributed by atoms with van der Waals surface area (Å²) in [5.74, 6) is 0.996. The van der Waals surface area contributed by atoms with Crippen molar-refractivity contribution in [3.05, 3.63) is 23.0 Å². The predicted octanol–water partition coefficient (Wildman–Crippen LogP) is 3.37. The molecule has 2 aromatic rings. The third kappa shape index (κ3) is 2.45. The molecule has 98 valence electrons. The number of nitrogens with one attached hydrogen (secondary N) is 1. The summed E-state index contributed by atoms with van der Waals surface area (Å²) in [6, 6.07) is 0.668. The lowest BCUT2D eigenvalue weighted by atomic mass is 10.1. The molecule has 0 aliphatic heterocycles. The maximum Gasteiger partial charge on any atom is 0.194 e. The molecule has 3 rings (SSSR count). The first-order valence-corrected chi connectivity index (χ1v) is 7.80. The quantitative estimate of drug-likeness (QED) is 0.866. The zero-order chi connectivity index (χ0) is 12.5. The lowest BCUT2D eigenvalue weighted by Gasteiger charge is -2.16. The van der Waals surface area contributed by atoms with Gasteiger partial charge in [0.1, 0.15) is 0 Å². The first-order valence-electron chi connectivity index (χ1n) is 6.92. The van der Waals surface area contributed by atoms with Crippen LogP contribution in [0.3, 0.4) is 0 Å². The van der Waals surface area contributed by atoms with Crippen molar-refractivity contribution in [1.29, 1.82) is 0 Å². The van der Waals surface area contributed by atoms with Gasteiger partial charge in [0.15, 0.2) is 4.96 Å². The van der Waals surface area contributed by atoms with E-state index in [2.05, 4.69) is 40.1 Å². The van der Waals surface area contributed by atoms with Crippen LogP contribution in [-0.2, 0) is 6.54 Å². The summed E-state index contributed by atoms with van der Waals surface area (Å²) in [6.45, 7) is 5.33. The Balaban J connectivity index is 1.67. The summed E-state index contributed by atoms with van der Waals surface area (Å²) in [6.07, 6.45) is 7.58. The van der Waals surface area contributed by atoms with Gasteiger partial charge in [-0.2, -0.15) is 0 Å². The van der Waals surface area contributed by atoms with Crippen LogP contribution in [0.25, 0.3) is 4.96 Å². The van der Waals surface area contributed by atoms with Crippen molar-refractivity contribution in [2.75, 3.05) is 0 Å². The Morgan fingerprint density at radius 3 is 3.11 bits per heavy atom. The van der Waals surface area contributed by atoms with Gasteiger partial charge in [-0.1, -0.05) is 19.8 Å².